The van der Waals surface area contributed by atoms with E-state index in [9.17, 15) is 9.59 Å². The maximum Gasteiger partial charge on any atom is 0.220 e. The molecule has 1 amide bonds. The first-order valence-corrected chi connectivity index (χ1v) is 7.89. The fourth-order valence-electron chi connectivity index (χ4n) is 2.47. The van der Waals surface area contributed by atoms with Gasteiger partial charge in [-0.1, -0.05) is 0 Å². The maximum atomic E-state index is 11.8. The monoisotopic (exact) mass is 304 g/mol. The third kappa shape index (κ3) is 5.48. The van der Waals surface area contributed by atoms with Gasteiger partial charge in [-0.25, -0.2) is 0 Å². The van der Waals surface area contributed by atoms with Crippen LogP contribution < -0.4 is 15.4 Å². The molecule has 1 aromatic rings. The van der Waals surface area contributed by atoms with Gasteiger partial charge in [-0.15, -0.1) is 0 Å². The zero-order valence-electron chi connectivity index (χ0n) is 13.1. The predicted molar refractivity (Wildman–Crippen MR) is 85.2 cm³/mol. The van der Waals surface area contributed by atoms with Gasteiger partial charge in [0.1, 0.15) is 5.75 Å². The van der Waals surface area contributed by atoms with E-state index < -0.39 is 0 Å². The van der Waals surface area contributed by atoms with Gasteiger partial charge in [-0.2, -0.15) is 0 Å². The van der Waals surface area contributed by atoms with E-state index in [1.807, 2.05) is 0 Å². The van der Waals surface area contributed by atoms with Gasteiger partial charge < -0.3 is 15.4 Å². The highest BCUT2D eigenvalue weighted by molar-refractivity contribution is 5.94. The van der Waals surface area contributed by atoms with E-state index in [0.29, 0.717) is 31.1 Å². The number of ether oxygens (including phenoxy) is 1. The highest BCUT2D eigenvalue weighted by atomic mass is 16.5. The summed E-state index contributed by atoms with van der Waals surface area (Å²) in [5.41, 5.74) is 0.675. The summed E-state index contributed by atoms with van der Waals surface area (Å²) >= 11 is 0. The van der Waals surface area contributed by atoms with Gasteiger partial charge in [0.15, 0.2) is 5.78 Å². The second-order valence-corrected chi connectivity index (χ2v) is 5.62. The Morgan fingerprint density at radius 3 is 2.55 bits per heavy atom. The Morgan fingerprint density at radius 2 is 1.91 bits per heavy atom. The lowest BCUT2D eigenvalue weighted by molar-refractivity contribution is -0.122. The standard InChI is InChI=1S/C17H24N2O3/c1-13(20)14-4-6-16(7-5-14)22-12-2-3-17(21)19-15-8-10-18-11-9-15/h4-7,15,18H,2-3,8-12H2,1H3,(H,19,21). The molecular formula is C17H24N2O3. The minimum Gasteiger partial charge on any atom is -0.494 e. The summed E-state index contributed by atoms with van der Waals surface area (Å²) in [6.07, 6.45) is 3.18. The molecule has 0 aliphatic carbocycles. The minimum atomic E-state index is 0.0427. The van der Waals surface area contributed by atoms with Crippen molar-refractivity contribution in [2.75, 3.05) is 19.7 Å². The van der Waals surface area contributed by atoms with Crippen LogP contribution in [0.5, 0.6) is 5.75 Å². The molecule has 1 aromatic carbocycles. The number of Topliss-reactive ketones (excluding diaryl/α,β-unsaturated/α-hetero) is 1. The van der Waals surface area contributed by atoms with Crippen molar-refractivity contribution in [2.45, 2.75) is 38.6 Å². The van der Waals surface area contributed by atoms with E-state index in [1.54, 1.807) is 24.3 Å². The summed E-state index contributed by atoms with van der Waals surface area (Å²) in [6, 6.07) is 7.38. The van der Waals surface area contributed by atoms with Crippen LogP contribution in [0.25, 0.3) is 0 Å². The van der Waals surface area contributed by atoms with Gasteiger partial charge in [-0.05, 0) is 63.5 Å². The number of ketones is 1. The van der Waals surface area contributed by atoms with Crippen molar-refractivity contribution in [3.63, 3.8) is 0 Å². The zero-order chi connectivity index (χ0) is 15.8. The first-order chi connectivity index (χ1) is 10.6. The molecule has 5 nitrogen and oxygen atoms in total. The molecule has 0 aromatic heterocycles. The number of hydrogen-bond donors (Lipinski definition) is 2. The van der Waals surface area contributed by atoms with Crippen molar-refractivity contribution in [1.82, 2.24) is 10.6 Å². The number of amides is 1. The molecule has 2 N–H and O–H groups in total. The van der Waals surface area contributed by atoms with Crippen molar-refractivity contribution >= 4 is 11.7 Å². The Hall–Kier alpha value is -1.88. The van der Waals surface area contributed by atoms with Crippen LogP contribution >= 0.6 is 0 Å². The number of hydrogen-bond acceptors (Lipinski definition) is 4. The fourth-order valence-corrected chi connectivity index (χ4v) is 2.47. The highest BCUT2D eigenvalue weighted by Gasteiger charge is 2.14. The average Bonchev–Trinajstić information content (AvgIpc) is 2.53. The van der Waals surface area contributed by atoms with Crippen LogP contribution in [-0.2, 0) is 4.79 Å². The Bertz CT molecular complexity index is 493. The summed E-state index contributed by atoms with van der Waals surface area (Å²) in [7, 11) is 0. The largest absolute Gasteiger partial charge is 0.494 e. The quantitative estimate of drug-likeness (QED) is 0.596. The third-order valence-electron chi connectivity index (χ3n) is 3.78. The average molecular weight is 304 g/mol. The summed E-state index contributed by atoms with van der Waals surface area (Å²) < 4.78 is 5.58. The molecule has 0 spiro atoms. The molecule has 1 saturated heterocycles. The van der Waals surface area contributed by atoms with E-state index in [-0.39, 0.29) is 11.7 Å². The lowest BCUT2D eigenvalue weighted by atomic mass is 10.1. The third-order valence-corrected chi connectivity index (χ3v) is 3.78. The van der Waals surface area contributed by atoms with E-state index >= 15 is 0 Å². The molecule has 5 heteroatoms. The summed E-state index contributed by atoms with van der Waals surface area (Å²) in [4.78, 5) is 23.0. The SMILES string of the molecule is CC(=O)c1ccc(OCCCC(=O)NC2CCNCC2)cc1. The predicted octanol–water partition coefficient (Wildman–Crippen LogP) is 1.92. The number of nitrogens with one attached hydrogen (secondary N) is 2. The summed E-state index contributed by atoms with van der Waals surface area (Å²) in [6.45, 7) is 3.99. The van der Waals surface area contributed by atoms with Gasteiger partial charge >= 0.3 is 0 Å². The smallest absolute Gasteiger partial charge is 0.220 e. The van der Waals surface area contributed by atoms with Gasteiger partial charge in [0.05, 0.1) is 6.61 Å². The van der Waals surface area contributed by atoms with E-state index in [2.05, 4.69) is 10.6 Å². The van der Waals surface area contributed by atoms with Crippen molar-refractivity contribution in [3.05, 3.63) is 29.8 Å². The van der Waals surface area contributed by atoms with E-state index in [0.717, 1.165) is 31.7 Å². The molecule has 120 valence electrons. The second kappa shape index (κ2) is 8.54. The highest BCUT2D eigenvalue weighted by Crippen LogP contribution is 2.13. The minimum absolute atomic E-state index is 0.0427. The Kier molecular flexibility index (Phi) is 6.40. The van der Waals surface area contributed by atoms with Crippen molar-refractivity contribution in [2.24, 2.45) is 0 Å². The number of benzene rings is 1. The molecule has 0 saturated carbocycles. The second-order valence-electron chi connectivity index (χ2n) is 5.62. The number of carbonyl (C=O) groups excluding carboxylic acids is 2. The Balaban J connectivity index is 1.61. The first-order valence-electron chi connectivity index (χ1n) is 7.89. The Labute approximate surface area is 131 Å². The summed E-state index contributed by atoms with van der Waals surface area (Å²) in [5, 5.41) is 6.34. The van der Waals surface area contributed by atoms with Crippen LogP contribution in [0, 0.1) is 0 Å². The normalized spacial score (nSPS) is 15.3. The number of carbonyl (C=O) groups is 2. The van der Waals surface area contributed by atoms with Crippen LogP contribution in [0.1, 0.15) is 43.0 Å². The van der Waals surface area contributed by atoms with Crippen LogP contribution in [0.15, 0.2) is 24.3 Å². The van der Waals surface area contributed by atoms with Gasteiger partial charge in [0.25, 0.3) is 0 Å². The molecule has 1 aliphatic heterocycles. The zero-order valence-corrected chi connectivity index (χ0v) is 13.1. The van der Waals surface area contributed by atoms with Crippen molar-refractivity contribution in [1.29, 1.82) is 0 Å². The molecule has 22 heavy (non-hydrogen) atoms. The van der Waals surface area contributed by atoms with E-state index in [4.69, 9.17) is 4.74 Å². The number of piperidine rings is 1. The molecule has 0 radical (unpaired) electrons. The van der Waals surface area contributed by atoms with Crippen LogP contribution in [0.4, 0.5) is 0 Å². The Morgan fingerprint density at radius 1 is 1.23 bits per heavy atom. The van der Waals surface area contributed by atoms with Crippen molar-refractivity contribution < 1.29 is 14.3 Å². The molecular weight excluding hydrogens is 280 g/mol. The van der Waals surface area contributed by atoms with Gasteiger partial charge in [0, 0.05) is 18.0 Å². The molecule has 0 bridgehead atoms. The van der Waals surface area contributed by atoms with Crippen LogP contribution in [0.2, 0.25) is 0 Å². The summed E-state index contributed by atoms with van der Waals surface area (Å²) in [5.74, 6) is 0.868. The molecule has 1 heterocycles. The van der Waals surface area contributed by atoms with Crippen molar-refractivity contribution in [3.8, 4) is 5.75 Å². The fraction of sp³-hybridized carbons (Fsp3) is 0.529. The number of rotatable bonds is 7. The van der Waals surface area contributed by atoms with Crippen LogP contribution in [0.3, 0.4) is 0 Å². The molecule has 0 unspecified atom stereocenters. The molecule has 1 aliphatic rings. The molecule has 2 rings (SSSR count). The first kappa shape index (κ1) is 16.5. The lowest BCUT2D eigenvalue weighted by Gasteiger charge is -2.23. The maximum absolute atomic E-state index is 11.8. The van der Waals surface area contributed by atoms with Gasteiger partial charge in [0.2, 0.25) is 5.91 Å². The molecule has 1 fully saturated rings. The van der Waals surface area contributed by atoms with Crippen LogP contribution in [-0.4, -0.2) is 37.4 Å². The lowest BCUT2D eigenvalue weighted by Crippen LogP contribution is -2.42. The van der Waals surface area contributed by atoms with Gasteiger partial charge in [-0.3, -0.25) is 9.59 Å². The molecule has 0 atom stereocenters. The van der Waals surface area contributed by atoms with E-state index in [1.165, 1.54) is 6.92 Å². The topological polar surface area (TPSA) is 67.4 Å².